The maximum Gasteiger partial charge on any atom is 0.234 e. The molecule has 0 aromatic heterocycles. The number of hydrogen-bond acceptors (Lipinski definition) is 3. The first-order valence-corrected chi connectivity index (χ1v) is 8.86. The monoisotopic (exact) mass is 314 g/mol. The first-order chi connectivity index (χ1) is 11.2. The SMILES string of the molecule is CCCC1CCN(c2cccc(C3CCC(=O)NC3=O)c2)CC1. The molecule has 1 aromatic carbocycles. The second-order valence-corrected chi connectivity index (χ2v) is 6.82. The van der Waals surface area contributed by atoms with Crippen molar-refractivity contribution in [2.75, 3.05) is 18.0 Å². The minimum absolute atomic E-state index is 0.152. The number of anilines is 1. The average molecular weight is 314 g/mol. The van der Waals surface area contributed by atoms with Crippen LogP contribution in [0.5, 0.6) is 0 Å². The van der Waals surface area contributed by atoms with Crippen molar-refractivity contribution in [3.05, 3.63) is 29.8 Å². The Morgan fingerprint density at radius 2 is 1.96 bits per heavy atom. The predicted molar refractivity (Wildman–Crippen MR) is 91.4 cm³/mol. The third-order valence-electron chi connectivity index (χ3n) is 5.19. The van der Waals surface area contributed by atoms with Crippen molar-refractivity contribution in [3.63, 3.8) is 0 Å². The van der Waals surface area contributed by atoms with Gasteiger partial charge in [0.1, 0.15) is 0 Å². The highest BCUT2D eigenvalue weighted by atomic mass is 16.2. The van der Waals surface area contributed by atoms with Gasteiger partial charge in [-0.15, -0.1) is 0 Å². The van der Waals surface area contributed by atoms with E-state index in [-0.39, 0.29) is 17.7 Å². The summed E-state index contributed by atoms with van der Waals surface area (Å²) in [5.74, 6) is 0.375. The van der Waals surface area contributed by atoms with Crippen molar-refractivity contribution >= 4 is 17.5 Å². The van der Waals surface area contributed by atoms with Gasteiger partial charge in [0.15, 0.2) is 0 Å². The summed E-state index contributed by atoms with van der Waals surface area (Å²) in [7, 11) is 0. The average Bonchev–Trinajstić information content (AvgIpc) is 2.56. The van der Waals surface area contributed by atoms with Gasteiger partial charge in [-0.05, 0) is 42.9 Å². The molecule has 2 aliphatic rings. The lowest BCUT2D eigenvalue weighted by Gasteiger charge is -2.34. The number of nitrogens with one attached hydrogen (secondary N) is 1. The first-order valence-electron chi connectivity index (χ1n) is 8.86. The Kier molecular flexibility index (Phi) is 4.99. The van der Waals surface area contributed by atoms with E-state index in [1.807, 2.05) is 12.1 Å². The van der Waals surface area contributed by atoms with Crippen LogP contribution in [0.3, 0.4) is 0 Å². The number of carbonyl (C=O) groups is 2. The Morgan fingerprint density at radius 3 is 2.65 bits per heavy atom. The molecule has 2 amide bonds. The van der Waals surface area contributed by atoms with Crippen LogP contribution in [0.4, 0.5) is 5.69 Å². The zero-order valence-corrected chi connectivity index (χ0v) is 13.9. The number of nitrogens with zero attached hydrogens (tertiary/aromatic N) is 1. The van der Waals surface area contributed by atoms with E-state index in [0.29, 0.717) is 12.8 Å². The third kappa shape index (κ3) is 3.74. The first kappa shape index (κ1) is 16.0. The van der Waals surface area contributed by atoms with Gasteiger partial charge < -0.3 is 4.90 Å². The highest BCUT2D eigenvalue weighted by Crippen LogP contribution is 2.30. The molecule has 124 valence electrons. The van der Waals surface area contributed by atoms with Gasteiger partial charge in [0.05, 0.1) is 5.92 Å². The molecule has 4 heteroatoms. The number of benzene rings is 1. The van der Waals surface area contributed by atoms with Gasteiger partial charge >= 0.3 is 0 Å². The van der Waals surface area contributed by atoms with E-state index in [9.17, 15) is 9.59 Å². The lowest BCUT2D eigenvalue weighted by molar-refractivity contribution is -0.134. The van der Waals surface area contributed by atoms with Gasteiger partial charge in [-0.25, -0.2) is 0 Å². The van der Waals surface area contributed by atoms with Gasteiger partial charge in [-0.1, -0.05) is 31.9 Å². The molecule has 1 unspecified atom stereocenters. The van der Waals surface area contributed by atoms with Crippen molar-refractivity contribution in [1.82, 2.24) is 5.32 Å². The highest BCUT2D eigenvalue weighted by Gasteiger charge is 2.28. The number of rotatable bonds is 4. The second-order valence-electron chi connectivity index (χ2n) is 6.82. The molecule has 2 saturated heterocycles. The Bertz CT molecular complexity index is 576. The molecule has 2 heterocycles. The molecule has 0 aliphatic carbocycles. The van der Waals surface area contributed by atoms with E-state index in [1.165, 1.54) is 31.4 Å². The zero-order chi connectivity index (χ0) is 16.2. The van der Waals surface area contributed by atoms with Crippen LogP contribution in [0.25, 0.3) is 0 Å². The molecule has 4 nitrogen and oxygen atoms in total. The normalized spacial score (nSPS) is 23.0. The van der Waals surface area contributed by atoms with Crippen LogP contribution in [-0.4, -0.2) is 24.9 Å². The van der Waals surface area contributed by atoms with Gasteiger partial charge in [0.25, 0.3) is 0 Å². The van der Waals surface area contributed by atoms with Crippen molar-refractivity contribution < 1.29 is 9.59 Å². The van der Waals surface area contributed by atoms with Crippen LogP contribution < -0.4 is 10.2 Å². The molecular formula is C19H26N2O2. The van der Waals surface area contributed by atoms with Gasteiger partial charge in [0, 0.05) is 25.2 Å². The maximum atomic E-state index is 12.1. The minimum atomic E-state index is -0.190. The Balaban J connectivity index is 1.68. The van der Waals surface area contributed by atoms with E-state index in [0.717, 1.165) is 24.6 Å². The summed E-state index contributed by atoms with van der Waals surface area (Å²) in [6.07, 6.45) is 6.18. The molecule has 1 N–H and O–H groups in total. The van der Waals surface area contributed by atoms with Crippen molar-refractivity contribution in [2.24, 2.45) is 5.92 Å². The zero-order valence-electron chi connectivity index (χ0n) is 13.9. The second kappa shape index (κ2) is 7.16. The van der Waals surface area contributed by atoms with Gasteiger partial charge in [-0.2, -0.15) is 0 Å². The maximum absolute atomic E-state index is 12.1. The highest BCUT2D eigenvalue weighted by molar-refractivity contribution is 6.01. The molecule has 23 heavy (non-hydrogen) atoms. The summed E-state index contributed by atoms with van der Waals surface area (Å²) >= 11 is 0. The Labute approximate surface area is 138 Å². The molecule has 0 bridgehead atoms. The molecule has 0 saturated carbocycles. The standard InChI is InChI=1S/C19H26N2O2/c1-2-4-14-9-11-21(12-10-14)16-6-3-5-15(13-16)17-7-8-18(22)20-19(17)23/h3,5-6,13-14,17H,2,4,7-12H2,1H3,(H,20,22,23). The molecule has 0 spiro atoms. The summed E-state index contributed by atoms with van der Waals surface area (Å²) in [6.45, 7) is 4.46. The van der Waals surface area contributed by atoms with Crippen LogP contribution >= 0.6 is 0 Å². The summed E-state index contributed by atoms with van der Waals surface area (Å²) in [5, 5.41) is 2.46. The number of imide groups is 1. The van der Waals surface area contributed by atoms with Crippen molar-refractivity contribution in [3.8, 4) is 0 Å². The lowest BCUT2D eigenvalue weighted by Crippen LogP contribution is -2.39. The molecule has 1 atom stereocenters. The quantitative estimate of drug-likeness (QED) is 0.868. The lowest BCUT2D eigenvalue weighted by atomic mass is 9.89. The number of piperidine rings is 2. The number of carbonyl (C=O) groups excluding carboxylic acids is 2. The molecule has 3 rings (SSSR count). The fourth-order valence-electron chi connectivity index (χ4n) is 3.84. The molecule has 2 fully saturated rings. The summed E-state index contributed by atoms with van der Waals surface area (Å²) in [5.41, 5.74) is 2.24. The molecule has 2 aliphatic heterocycles. The summed E-state index contributed by atoms with van der Waals surface area (Å²) in [6, 6.07) is 8.32. The topological polar surface area (TPSA) is 49.4 Å². The number of hydrogen-bond donors (Lipinski definition) is 1. The van der Waals surface area contributed by atoms with E-state index < -0.39 is 0 Å². The minimum Gasteiger partial charge on any atom is -0.372 e. The summed E-state index contributed by atoms with van der Waals surface area (Å²) < 4.78 is 0. The smallest absolute Gasteiger partial charge is 0.234 e. The van der Waals surface area contributed by atoms with Crippen molar-refractivity contribution in [1.29, 1.82) is 0 Å². The van der Waals surface area contributed by atoms with Crippen LogP contribution in [0, 0.1) is 5.92 Å². The van der Waals surface area contributed by atoms with E-state index in [1.54, 1.807) is 0 Å². The Hall–Kier alpha value is -1.84. The number of amides is 2. The van der Waals surface area contributed by atoms with E-state index >= 15 is 0 Å². The molecule has 0 radical (unpaired) electrons. The van der Waals surface area contributed by atoms with Gasteiger partial charge in [0.2, 0.25) is 11.8 Å². The largest absolute Gasteiger partial charge is 0.372 e. The van der Waals surface area contributed by atoms with Crippen LogP contribution in [-0.2, 0) is 9.59 Å². The fraction of sp³-hybridized carbons (Fsp3) is 0.579. The predicted octanol–water partition coefficient (Wildman–Crippen LogP) is 3.22. The van der Waals surface area contributed by atoms with Crippen LogP contribution in [0.1, 0.15) is 56.9 Å². The third-order valence-corrected chi connectivity index (χ3v) is 5.19. The van der Waals surface area contributed by atoms with Gasteiger partial charge in [-0.3, -0.25) is 14.9 Å². The van der Waals surface area contributed by atoms with Crippen LogP contribution in [0.15, 0.2) is 24.3 Å². The summed E-state index contributed by atoms with van der Waals surface area (Å²) in [4.78, 5) is 25.8. The molecule has 1 aromatic rings. The van der Waals surface area contributed by atoms with Crippen molar-refractivity contribution in [2.45, 2.75) is 51.4 Å². The fourth-order valence-corrected chi connectivity index (χ4v) is 3.84. The van der Waals surface area contributed by atoms with E-state index in [2.05, 4.69) is 29.3 Å². The molecular weight excluding hydrogens is 288 g/mol. The van der Waals surface area contributed by atoms with Crippen LogP contribution in [0.2, 0.25) is 0 Å². The Morgan fingerprint density at radius 1 is 1.17 bits per heavy atom. The van der Waals surface area contributed by atoms with E-state index in [4.69, 9.17) is 0 Å².